The van der Waals surface area contributed by atoms with Gasteiger partial charge in [-0.15, -0.1) is 0 Å². The number of hydrogen-bond donors (Lipinski definition) is 2. The van der Waals surface area contributed by atoms with Crippen molar-refractivity contribution in [1.82, 2.24) is 15.0 Å². The number of aromatic nitrogens is 3. The maximum Gasteiger partial charge on any atom is 0.458 e. The van der Waals surface area contributed by atoms with Crippen molar-refractivity contribution in [3.8, 4) is 0 Å². The van der Waals surface area contributed by atoms with Crippen LogP contribution in [0.4, 0.5) is 49.5 Å². The van der Waals surface area contributed by atoms with Crippen molar-refractivity contribution in [2.24, 2.45) is 0 Å². The van der Waals surface area contributed by atoms with Crippen LogP contribution in [0.25, 0.3) is 0 Å². The van der Waals surface area contributed by atoms with Crippen molar-refractivity contribution >= 4 is 34.7 Å². The molecule has 0 radical (unpaired) electrons. The predicted octanol–water partition coefficient (Wildman–Crippen LogP) is 4.71. The van der Waals surface area contributed by atoms with Gasteiger partial charge in [-0.1, -0.05) is 12.1 Å². The van der Waals surface area contributed by atoms with Crippen LogP contribution in [-0.4, -0.2) is 38.9 Å². The first-order valence-corrected chi connectivity index (χ1v) is 9.54. The molecule has 3 aromatic rings. The Hall–Kier alpha value is -4.03. The quantitative estimate of drug-likeness (QED) is 0.382. The van der Waals surface area contributed by atoms with Crippen LogP contribution in [0.2, 0.25) is 0 Å². The Balaban J connectivity index is 0.000000232. The van der Waals surface area contributed by atoms with Gasteiger partial charge in [-0.25, -0.2) is 4.98 Å². The standard InChI is InChI=1S/C17H15N5.C4F6O2/c1-2-12-4-5-13-9-15(11-18-10-13)21-17-19-7-6-16(22-17)20-14(3-1)8-12;5-3(6,7)1(11)2(12)4(8,9)10/h1-3,6-11H,4-5H2,(H2,19,20,21,22);. The zero-order chi connectivity index (χ0) is 24.9. The third-order valence-corrected chi connectivity index (χ3v) is 4.33. The number of nitrogens with one attached hydrogen (secondary N) is 2. The molecule has 0 unspecified atom stereocenters. The number of rotatable bonds is 1. The number of ketones is 2. The highest BCUT2D eigenvalue weighted by Gasteiger charge is 2.54. The van der Waals surface area contributed by atoms with Gasteiger partial charge in [0.15, 0.2) is 0 Å². The van der Waals surface area contributed by atoms with Gasteiger partial charge in [0, 0.05) is 18.1 Å². The van der Waals surface area contributed by atoms with Gasteiger partial charge in [0.25, 0.3) is 0 Å². The minimum Gasteiger partial charge on any atom is -0.340 e. The molecule has 1 aliphatic rings. The second-order valence-electron chi connectivity index (χ2n) is 6.95. The van der Waals surface area contributed by atoms with Crippen molar-refractivity contribution in [2.75, 3.05) is 10.6 Å². The molecule has 0 saturated heterocycles. The summed E-state index contributed by atoms with van der Waals surface area (Å²) in [4.78, 5) is 32.3. The average molecular weight is 483 g/mol. The zero-order valence-corrected chi connectivity index (χ0v) is 17.0. The topological polar surface area (TPSA) is 96.9 Å². The molecular formula is C21H15F6N5O2. The van der Waals surface area contributed by atoms with Crippen molar-refractivity contribution in [1.29, 1.82) is 0 Å². The third-order valence-electron chi connectivity index (χ3n) is 4.33. The number of benzene rings is 1. The Kier molecular flexibility index (Phi) is 7.13. The Morgan fingerprint density at radius 1 is 0.794 bits per heavy atom. The normalized spacial score (nSPS) is 12.9. The van der Waals surface area contributed by atoms with E-state index in [4.69, 9.17) is 0 Å². The van der Waals surface area contributed by atoms with E-state index in [-0.39, 0.29) is 0 Å². The molecule has 13 heteroatoms. The number of Topliss-reactive ketones (excluding diaryl/α,β-unsaturated/α-hetero) is 2. The van der Waals surface area contributed by atoms with E-state index in [1.165, 1.54) is 11.1 Å². The van der Waals surface area contributed by atoms with Crippen LogP contribution in [0.3, 0.4) is 0 Å². The van der Waals surface area contributed by atoms with E-state index < -0.39 is 23.9 Å². The van der Waals surface area contributed by atoms with E-state index >= 15 is 0 Å². The molecule has 0 aliphatic carbocycles. The zero-order valence-electron chi connectivity index (χ0n) is 17.0. The molecule has 0 fully saturated rings. The number of pyridine rings is 1. The average Bonchev–Trinajstić information content (AvgIpc) is 2.76. The fourth-order valence-electron chi connectivity index (χ4n) is 2.81. The number of hydrogen-bond acceptors (Lipinski definition) is 7. The molecule has 2 N–H and O–H groups in total. The maximum atomic E-state index is 11.2. The third kappa shape index (κ3) is 6.73. The molecule has 34 heavy (non-hydrogen) atoms. The lowest BCUT2D eigenvalue weighted by Crippen LogP contribution is -2.39. The summed E-state index contributed by atoms with van der Waals surface area (Å²) in [5.74, 6) is -5.50. The van der Waals surface area contributed by atoms with Gasteiger partial charge in [0.05, 0.1) is 11.9 Å². The molecule has 7 nitrogen and oxygen atoms in total. The van der Waals surface area contributed by atoms with Crippen molar-refractivity contribution in [2.45, 2.75) is 25.2 Å². The van der Waals surface area contributed by atoms with E-state index in [0.29, 0.717) is 5.95 Å². The Morgan fingerprint density at radius 3 is 2.12 bits per heavy atom. The lowest BCUT2D eigenvalue weighted by atomic mass is 10.0. The van der Waals surface area contributed by atoms with Crippen molar-refractivity contribution in [3.05, 3.63) is 66.1 Å². The van der Waals surface area contributed by atoms with Crippen LogP contribution < -0.4 is 10.6 Å². The largest absolute Gasteiger partial charge is 0.458 e. The van der Waals surface area contributed by atoms with Gasteiger partial charge in [0.2, 0.25) is 5.95 Å². The van der Waals surface area contributed by atoms with E-state index in [0.717, 1.165) is 30.0 Å². The number of fused-ring (bicyclic) bond motifs is 6. The van der Waals surface area contributed by atoms with Crippen LogP contribution in [-0.2, 0) is 22.4 Å². The van der Waals surface area contributed by atoms with Gasteiger partial charge in [0.1, 0.15) is 5.82 Å². The Morgan fingerprint density at radius 2 is 1.44 bits per heavy atom. The van der Waals surface area contributed by atoms with Gasteiger partial charge in [-0.3, -0.25) is 14.6 Å². The summed E-state index contributed by atoms with van der Waals surface area (Å²) in [6.45, 7) is 0. The maximum absolute atomic E-state index is 11.2. The number of aryl methyl sites for hydroxylation is 2. The second-order valence-corrected chi connectivity index (χ2v) is 6.95. The van der Waals surface area contributed by atoms with Crippen LogP contribution in [0, 0.1) is 0 Å². The number of carbonyl (C=O) groups excluding carboxylic acids is 2. The summed E-state index contributed by atoms with van der Waals surface area (Å²) in [5.41, 5.74) is 4.42. The molecule has 0 atom stereocenters. The van der Waals surface area contributed by atoms with Crippen molar-refractivity contribution < 1.29 is 35.9 Å². The summed E-state index contributed by atoms with van der Waals surface area (Å²) >= 11 is 0. The molecule has 0 spiro atoms. The van der Waals surface area contributed by atoms with E-state index in [1.807, 2.05) is 18.3 Å². The molecular weight excluding hydrogens is 468 g/mol. The molecule has 0 amide bonds. The van der Waals surface area contributed by atoms with Crippen LogP contribution in [0.1, 0.15) is 11.1 Å². The fourth-order valence-corrected chi connectivity index (χ4v) is 2.81. The molecule has 6 bridgehead atoms. The second kappa shape index (κ2) is 9.85. The first-order valence-electron chi connectivity index (χ1n) is 9.54. The van der Waals surface area contributed by atoms with Crippen LogP contribution in [0.15, 0.2) is 55.0 Å². The molecule has 1 aliphatic heterocycles. The summed E-state index contributed by atoms with van der Waals surface area (Å²) in [7, 11) is 0. The highest BCUT2D eigenvalue weighted by molar-refractivity contribution is 6.41. The fraction of sp³-hybridized carbons (Fsp3) is 0.190. The smallest absolute Gasteiger partial charge is 0.340 e. The van der Waals surface area contributed by atoms with Crippen molar-refractivity contribution in [3.63, 3.8) is 0 Å². The lowest BCUT2D eigenvalue weighted by molar-refractivity contribution is -0.193. The van der Waals surface area contributed by atoms with Gasteiger partial charge < -0.3 is 10.6 Å². The predicted molar refractivity (Wildman–Crippen MR) is 109 cm³/mol. The highest BCUT2D eigenvalue weighted by Crippen LogP contribution is 2.24. The van der Waals surface area contributed by atoms with Crippen LogP contribution >= 0.6 is 0 Å². The molecule has 0 saturated carbocycles. The Bertz CT molecular complexity index is 1110. The number of halogens is 6. The van der Waals surface area contributed by atoms with E-state index in [9.17, 15) is 35.9 Å². The molecule has 178 valence electrons. The SMILES string of the molecule is O=C(C(=O)C(F)(F)F)C(F)(F)F.c1cc2cc(c1)Nc1ccnc(n1)Nc1cncc(c1)CC2. The number of carbonyl (C=O) groups is 2. The number of nitrogens with zero attached hydrogens (tertiary/aromatic N) is 3. The first kappa shape index (κ1) is 24.6. The summed E-state index contributed by atoms with van der Waals surface area (Å²) < 4.78 is 67.0. The lowest BCUT2D eigenvalue weighted by Gasteiger charge is -2.08. The molecule has 3 heterocycles. The highest BCUT2D eigenvalue weighted by atomic mass is 19.4. The first-order chi connectivity index (χ1) is 15.9. The van der Waals surface area contributed by atoms with E-state index in [2.05, 4.69) is 49.9 Å². The Labute approximate surface area is 188 Å². The summed E-state index contributed by atoms with van der Waals surface area (Å²) in [6.07, 6.45) is -4.19. The minimum atomic E-state index is -5.77. The minimum absolute atomic E-state index is 0.555. The van der Waals surface area contributed by atoms with Gasteiger partial charge in [-0.2, -0.15) is 31.3 Å². The molecule has 4 rings (SSSR count). The van der Waals surface area contributed by atoms with E-state index in [1.54, 1.807) is 12.4 Å². The number of anilines is 4. The summed E-state index contributed by atoms with van der Waals surface area (Å²) in [6, 6.07) is 12.4. The monoisotopic (exact) mass is 483 g/mol. The molecule has 2 aromatic heterocycles. The van der Waals surface area contributed by atoms with Crippen LogP contribution in [0.5, 0.6) is 0 Å². The van der Waals surface area contributed by atoms with Gasteiger partial charge in [-0.05, 0) is 48.2 Å². The number of alkyl halides is 6. The molecule has 1 aromatic carbocycles. The van der Waals surface area contributed by atoms with Gasteiger partial charge >= 0.3 is 23.9 Å². The summed E-state index contributed by atoms with van der Waals surface area (Å²) in [5, 5.41) is 6.53.